The van der Waals surface area contributed by atoms with Gasteiger partial charge in [0.2, 0.25) is 5.78 Å². The maximum Gasteiger partial charge on any atom is 0.407 e. The zero-order valence-corrected chi connectivity index (χ0v) is 50.5. The number of nitrogens with zero attached hydrogens (tertiary/aromatic N) is 1. The first-order valence-corrected chi connectivity index (χ1v) is 29.9. The molecule has 0 unspecified atom stereocenters. The topological polar surface area (TPSA) is 326 Å². The number of ketones is 1. The van der Waals surface area contributed by atoms with Gasteiger partial charge in [-0.2, -0.15) is 0 Å². The summed E-state index contributed by atoms with van der Waals surface area (Å²) in [6, 6.07) is -1.06. The van der Waals surface area contributed by atoms with E-state index in [1.165, 1.54) is 19.9 Å². The summed E-state index contributed by atoms with van der Waals surface area (Å²) in [6.07, 6.45) is -3.77. The van der Waals surface area contributed by atoms with Gasteiger partial charge in [-0.1, -0.05) is 50.6 Å². The molecule has 1 spiro atoms. The first-order chi connectivity index (χ1) is 40.0. The van der Waals surface area contributed by atoms with Crippen LogP contribution in [0.1, 0.15) is 128 Å². The number of fused-ring (bicyclic) bond motifs is 4. The van der Waals surface area contributed by atoms with Crippen LogP contribution in [0.4, 0.5) is 4.79 Å². The zero-order valence-electron chi connectivity index (χ0n) is 50.5. The Labute approximate surface area is 495 Å². The number of ether oxygens (including phenoxy) is 11. The summed E-state index contributed by atoms with van der Waals surface area (Å²) in [7, 11) is 1.16. The summed E-state index contributed by atoms with van der Waals surface area (Å²) in [5.74, 6) is -6.35. The molecule has 6 N–H and O–H groups in total. The molecule has 5 saturated heterocycles. The predicted molar refractivity (Wildman–Crippen MR) is 297 cm³/mol. The Morgan fingerprint density at radius 3 is 2.13 bits per heavy atom. The summed E-state index contributed by atoms with van der Waals surface area (Å²) in [6.45, 7) is 19.2. The minimum Gasteiger partial charge on any atom is -0.762 e. The smallest absolute Gasteiger partial charge is 0.407 e. The molecule has 0 radical (unpaired) electrons. The Morgan fingerprint density at radius 2 is 1.47 bits per heavy atom. The molecule has 0 aromatic carbocycles. The second kappa shape index (κ2) is 25.5. The molecule has 1 saturated carbocycles. The van der Waals surface area contributed by atoms with E-state index >= 15 is 4.79 Å². The Bertz CT molecular complexity index is 2660. The highest BCUT2D eigenvalue weighted by molar-refractivity contribution is 6.26. The number of methoxy groups -OCH3 is 1. The lowest BCUT2D eigenvalue weighted by molar-refractivity contribution is -0.323. The lowest BCUT2D eigenvalue weighted by atomic mass is 9.49. The molecule has 24 heteroatoms. The van der Waals surface area contributed by atoms with Crippen LogP contribution in [0.25, 0.3) is 0 Å². The summed E-state index contributed by atoms with van der Waals surface area (Å²) in [5.41, 5.74) is -4.72. The molecule has 85 heavy (non-hydrogen) atoms. The van der Waals surface area contributed by atoms with Gasteiger partial charge in [-0.25, -0.2) is 9.59 Å². The number of hydrogen-bond donors (Lipinski definition) is 6. The number of aliphatic hydroxyl groups excluding tert-OH is 4. The summed E-state index contributed by atoms with van der Waals surface area (Å²) >= 11 is 0. The maximum absolute atomic E-state index is 15.5. The van der Waals surface area contributed by atoms with E-state index in [9.17, 15) is 50.0 Å². The second-order valence-corrected chi connectivity index (χ2v) is 25.7. The van der Waals surface area contributed by atoms with Crippen molar-refractivity contribution in [1.82, 2.24) is 10.5 Å². The van der Waals surface area contributed by atoms with E-state index in [4.69, 9.17) is 52.1 Å². The molecule has 6 fully saturated rings. The van der Waals surface area contributed by atoms with Gasteiger partial charge < -0.3 is 88.3 Å². The van der Waals surface area contributed by atoms with Crippen molar-refractivity contribution in [3.05, 3.63) is 63.6 Å². The number of aldehydes is 1. The van der Waals surface area contributed by atoms with Crippen molar-refractivity contribution >= 4 is 30.1 Å². The highest BCUT2D eigenvalue weighted by Gasteiger charge is 2.65. The lowest BCUT2D eigenvalue weighted by Gasteiger charge is -2.56. The highest BCUT2D eigenvalue weighted by Crippen LogP contribution is 2.61. The fourth-order valence-electron chi connectivity index (χ4n) is 15.5. The van der Waals surface area contributed by atoms with E-state index in [2.05, 4.69) is 25.2 Å². The average molecular weight is 1200 g/mol. The Morgan fingerprint density at radius 1 is 0.800 bits per heavy atom. The number of esters is 2. The van der Waals surface area contributed by atoms with Gasteiger partial charge in [0, 0.05) is 56.3 Å². The number of alkyl carbamates (subject to hydrolysis) is 1. The number of nitrogens with one attached hydrogen (secondary N) is 1. The van der Waals surface area contributed by atoms with Crippen molar-refractivity contribution in [2.45, 2.75) is 243 Å². The third-order valence-electron chi connectivity index (χ3n) is 19.9. The highest BCUT2D eigenvalue weighted by atomic mass is 16.8. The minimum absolute atomic E-state index is 0.00593. The number of carbonyl (C=O) groups is 5. The van der Waals surface area contributed by atoms with Gasteiger partial charge in [0.25, 0.3) is 0 Å². The summed E-state index contributed by atoms with van der Waals surface area (Å²) < 4.78 is 68.6. The molecule has 1 amide bonds. The van der Waals surface area contributed by atoms with Gasteiger partial charge in [0.15, 0.2) is 36.9 Å². The first kappa shape index (κ1) is 64.9. The molecule has 9 aliphatic rings. The van der Waals surface area contributed by atoms with Crippen LogP contribution >= 0.6 is 0 Å². The van der Waals surface area contributed by atoms with Crippen LogP contribution in [0.5, 0.6) is 0 Å². The summed E-state index contributed by atoms with van der Waals surface area (Å²) in [4.78, 5) is 67.8. The van der Waals surface area contributed by atoms with E-state index in [0.29, 0.717) is 31.1 Å². The van der Waals surface area contributed by atoms with Crippen LogP contribution in [-0.2, 0) is 71.3 Å². The maximum atomic E-state index is 15.5. The van der Waals surface area contributed by atoms with Crippen molar-refractivity contribution in [3.63, 3.8) is 0 Å². The lowest BCUT2D eigenvalue weighted by Crippen LogP contribution is -2.67. The molecular weight excluding hydrogens is 1110 g/mol. The fraction of sp³-hybridized carbons (Fsp3) is 0.754. The predicted octanol–water partition coefficient (Wildman–Crippen LogP) is 5.36. The number of aliphatic hydroxyl groups is 4. The molecule has 5 heterocycles. The molecule has 9 rings (SSSR count). The van der Waals surface area contributed by atoms with Crippen LogP contribution in [0.2, 0.25) is 0 Å². The number of rotatable bonds is 12. The van der Waals surface area contributed by atoms with E-state index in [0.717, 1.165) is 12.7 Å². The standard InChI is InChI=1S/C61H87N2O22/c1-27-13-16-42(81-48-25-59(10,63(73)74)54(34(8)79-48)62-58(72)75-12)28(2)20-39-40(66)21-36(26-64)24-61(39)56(70)49(57(71)85-61)55(69)60(11)38(27)15-14-37-50(60)29(3)19-30(4)52(37)84-47-23-44(53(33(7)78-47)80-35(9)65)83-45-18-17-43(31(5)76-45)82-46-22-41(67)51(68)32(6)77-46/h13-15,20-21,26,29-34,37-48,50-54,66-69,73H,16-19,22-25H2,1-12H3,(H,62,72)/q-1/b27-13-,28-20+,55-49?/t29-,30-,31-,32-,33+,34+,37-,38-,39+,40+,41-,42-,43+,44-,45-,46-,47-,48-,50-,51-,52+,53+,54-,59-,60+,61-/m0/s1. The third-order valence-corrected chi connectivity index (χ3v) is 19.9. The van der Waals surface area contributed by atoms with Gasteiger partial charge in [-0.3, -0.25) is 19.6 Å². The second-order valence-electron chi connectivity index (χ2n) is 25.7. The van der Waals surface area contributed by atoms with Crippen LogP contribution in [0.3, 0.4) is 0 Å². The first-order valence-electron chi connectivity index (χ1n) is 29.9. The van der Waals surface area contributed by atoms with Crippen LogP contribution in [0.15, 0.2) is 58.4 Å². The van der Waals surface area contributed by atoms with Crippen molar-refractivity contribution in [1.29, 1.82) is 0 Å². The number of hydrogen-bond acceptors (Lipinski definition) is 23. The molecule has 24 nitrogen and oxygen atoms in total. The van der Waals surface area contributed by atoms with Crippen molar-refractivity contribution in [2.75, 3.05) is 7.11 Å². The van der Waals surface area contributed by atoms with Crippen molar-refractivity contribution in [2.24, 2.45) is 40.9 Å². The Hall–Kier alpha value is -4.51. The molecule has 26 atom stereocenters. The van der Waals surface area contributed by atoms with Gasteiger partial charge >= 0.3 is 18.0 Å². The number of allylic oxidation sites excluding steroid dienone is 3. The Balaban J connectivity index is 1.03. The van der Waals surface area contributed by atoms with E-state index in [1.54, 1.807) is 33.8 Å². The normalized spacial score (nSPS) is 47.1. The van der Waals surface area contributed by atoms with Crippen LogP contribution in [0, 0.1) is 46.1 Å². The van der Waals surface area contributed by atoms with E-state index < -0.39 is 186 Å². The number of carbonyl (C=O) groups excluding carboxylic acids is 5. The molecule has 2 bridgehead atoms. The number of Topliss-reactive ketones (excluding diaryl/α,β-unsaturated/α-hetero) is 1. The molecule has 474 valence electrons. The zero-order chi connectivity index (χ0) is 61.9. The molecule has 4 aliphatic carbocycles. The Kier molecular flexibility index (Phi) is 19.5. The van der Waals surface area contributed by atoms with Gasteiger partial charge in [0.05, 0.1) is 79.5 Å². The third kappa shape index (κ3) is 12.5. The molecule has 0 aromatic heterocycles. The van der Waals surface area contributed by atoms with Crippen LogP contribution < -0.4 is 5.32 Å². The van der Waals surface area contributed by atoms with Crippen molar-refractivity contribution in [3.8, 4) is 0 Å². The van der Waals surface area contributed by atoms with E-state index in [-0.39, 0.29) is 48.3 Å². The van der Waals surface area contributed by atoms with E-state index in [1.807, 2.05) is 32.9 Å². The number of hydroxylamine groups is 2. The van der Waals surface area contributed by atoms with Crippen LogP contribution in [-0.4, -0.2) is 184 Å². The molecule has 0 aromatic rings. The quantitative estimate of drug-likeness (QED) is 0.0357. The molecule has 5 aliphatic heterocycles. The monoisotopic (exact) mass is 1200 g/mol. The number of amides is 1. The van der Waals surface area contributed by atoms with Gasteiger partial charge in [-0.05, 0) is 103 Å². The van der Waals surface area contributed by atoms with Gasteiger partial charge in [0.1, 0.15) is 29.8 Å². The summed E-state index contributed by atoms with van der Waals surface area (Å²) in [5, 5.41) is 71.5. The fourth-order valence-corrected chi connectivity index (χ4v) is 15.5. The average Bonchev–Trinajstić information content (AvgIpc) is 1.74. The van der Waals surface area contributed by atoms with Crippen molar-refractivity contribution < 1.29 is 102 Å². The molecular formula is C61H87N2O22-. The largest absolute Gasteiger partial charge is 0.762 e. The SMILES string of the molecule is COC(=O)N[C@H]1[C@@H](C)O[C@@H](O[C@H]2C/C=C(/C)[C@@H]3C=C[C@@H]4[C@H](O[C@H]5C[C@H](O[C@H]6CC[C@@H](O[C@H]7C[C@H](O)[C@@H](O)[C@H](C)O7)[C@H](C)O6)[C@H](OC(C)=O)[C@@H](C)O5)[C@@H](C)C[C@H](C)[C@@H]4[C@]3(C)C(O)=C3C(=O)O[C@]4(CC(C=O)=C[C@@H](O)[C@H]4/C=C/2C)C3=O)C[C@]1(C)N([O-])O. The van der Waals surface area contributed by atoms with Gasteiger partial charge in [-0.15, -0.1) is 0 Å². The minimum atomic E-state index is -2.19.